The summed E-state index contributed by atoms with van der Waals surface area (Å²) in [7, 11) is -0.340. The molecule has 0 atom stereocenters. The van der Waals surface area contributed by atoms with Crippen LogP contribution >= 0.6 is 0 Å². The van der Waals surface area contributed by atoms with E-state index >= 15 is 0 Å². The lowest BCUT2D eigenvalue weighted by molar-refractivity contribution is 0.00578. The molecule has 2 rings (SSSR count). The molecule has 2 heterocycles. The molecule has 5 heteroatoms. The molecule has 0 aliphatic carbocycles. The van der Waals surface area contributed by atoms with Crippen LogP contribution in [0.2, 0.25) is 0 Å². The van der Waals surface area contributed by atoms with Crippen LogP contribution in [-0.4, -0.2) is 29.8 Å². The van der Waals surface area contributed by atoms with Crippen molar-refractivity contribution < 1.29 is 9.31 Å². The molecule has 1 fully saturated rings. The SMILES string of the molecule is CCNc1cc(C)c(B2OC(C)(C)C(C)(C)O2)cn1. The molecule has 1 aliphatic heterocycles. The molecule has 0 unspecified atom stereocenters. The zero-order valence-electron chi connectivity index (χ0n) is 12.7. The molecule has 1 aromatic heterocycles. The summed E-state index contributed by atoms with van der Waals surface area (Å²) in [6, 6.07) is 2.03. The van der Waals surface area contributed by atoms with Crippen LogP contribution in [0.25, 0.3) is 0 Å². The zero-order valence-corrected chi connectivity index (χ0v) is 12.7. The van der Waals surface area contributed by atoms with Crippen LogP contribution in [-0.2, 0) is 9.31 Å². The van der Waals surface area contributed by atoms with Gasteiger partial charge in [0.05, 0.1) is 11.2 Å². The summed E-state index contributed by atoms with van der Waals surface area (Å²) in [5, 5.41) is 3.21. The quantitative estimate of drug-likeness (QED) is 0.847. The van der Waals surface area contributed by atoms with Crippen molar-refractivity contribution in [3.63, 3.8) is 0 Å². The van der Waals surface area contributed by atoms with E-state index < -0.39 is 0 Å². The maximum atomic E-state index is 6.05. The van der Waals surface area contributed by atoms with E-state index in [1.807, 2.05) is 12.3 Å². The molecule has 4 nitrogen and oxygen atoms in total. The number of pyridine rings is 1. The van der Waals surface area contributed by atoms with Gasteiger partial charge in [0.25, 0.3) is 0 Å². The maximum Gasteiger partial charge on any atom is 0.496 e. The van der Waals surface area contributed by atoms with Gasteiger partial charge in [0.2, 0.25) is 0 Å². The smallest absolute Gasteiger partial charge is 0.399 e. The number of hydrogen-bond donors (Lipinski definition) is 1. The summed E-state index contributed by atoms with van der Waals surface area (Å²) in [6.07, 6.45) is 1.84. The van der Waals surface area contributed by atoms with Gasteiger partial charge >= 0.3 is 7.12 Å². The summed E-state index contributed by atoms with van der Waals surface area (Å²) >= 11 is 0. The highest BCUT2D eigenvalue weighted by Gasteiger charge is 2.52. The van der Waals surface area contributed by atoms with Gasteiger partial charge in [0.1, 0.15) is 5.82 Å². The second kappa shape index (κ2) is 4.80. The van der Waals surface area contributed by atoms with Crippen LogP contribution in [0.1, 0.15) is 40.2 Å². The highest BCUT2D eigenvalue weighted by molar-refractivity contribution is 6.62. The largest absolute Gasteiger partial charge is 0.496 e. The van der Waals surface area contributed by atoms with E-state index in [9.17, 15) is 0 Å². The minimum atomic E-state index is -0.340. The molecule has 0 saturated carbocycles. The van der Waals surface area contributed by atoms with E-state index in [2.05, 4.69) is 51.8 Å². The summed E-state index contributed by atoms with van der Waals surface area (Å²) in [4.78, 5) is 4.40. The summed E-state index contributed by atoms with van der Waals surface area (Å²) in [6.45, 7) is 13.2. The van der Waals surface area contributed by atoms with Crippen molar-refractivity contribution in [1.82, 2.24) is 4.98 Å². The lowest BCUT2D eigenvalue weighted by Gasteiger charge is -2.32. The van der Waals surface area contributed by atoms with Gasteiger partial charge < -0.3 is 14.6 Å². The fourth-order valence-corrected chi connectivity index (χ4v) is 2.06. The van der Waals surface area contributed by atoms with E-state index in [1.165, 1.54) is 0 Å². The molecule has 1 N–H and O–H groups in total. The van der Waals surface area contributed by atoms with Gasteiger partial charge in [-0.1, -0.05) is 0 Å². The molecule has 0 spiro atoms. The number of nitrogens with one attached hydrogen (secondary N) is 1. The average Bonchev–Trinajstić information content (AvgIpc) is 2.48. The molecule has 1 aromatic rings. The van der Waals surface area contributed by atoms with Gasteiger partial charge in [-0.3, -0.25) is 0 Å². The first kappa shape index (κ1) is 14.3. The normalized spacial score (nSPS) is 20.6. The van der Waals surface area contributed by atoms with Crippen molar-refractivity contribution in [2.24, 2.45) is 0 Å². The van der Waals surface area contributed by atoms with Crippen molar-refractivity contribution in [3.8, 4) is 0 Å². The number of rotatable bonds is 3. The summed E-state index contributed by atoms with van der Waals surface area (Å²) in [5.74, 6) is 0.889. The number of aryl methyl sites for hydroxylation is 1. The Kier molecular flexibility index (Phi) is 3.62. The van der Waals surface area contributed by atoms with Crippen molar-refractivity contribution in [2.45, 2.75) is 52.7 Å². The lowest BCUT2D eigenvalue weighted by Crippen LogP contribution is -2.41. The molecule has 19 heavy (non-hydrogen) atoms. The fourth-order valence-electron chi connectivity index (χ4n) is 2.06. The Morgan fingerprint density at radius 2 is 1.79 bits per heavy atom. The van der Waals surface area contributed by atoms with E-state index in [-0.39, 0.29) is 18.3 Å². The minimum Gasteiger partial charge on any atom is -0.399 e. The van der Waals surface area contributed by atoms with Crippen LogP contribution in [0.4, 0.5) is 5.82 Å². The van der Waals surface area contributed by atoms with Crippen LogP contribution < -0.4 is 10.8 Å². The molecule has 0 amide bonds. The van der Waals surface area contributed by atoms with Gasteiger partial charge in [-0.25, -0.2) is 4.98 Å². The van der Waals surface area contributed by atoms with E-state index in [0.717, 1.165) is 23.4 Å². The third kappa shape index (κ3) is 2.62. The Hall–Kier alpha value is -1.07. The van der Waals surface area contributed by atoms with E-state index in [0.29, 0.717) is 0 Å². The number of nitrogens with zero attached hydrogens (tertiary/aromatic N) is 1. The summed E-state index contributed by atoms with van der Waals surface area (Å²) < 4.78 is 12.1. The number of aromatic nitrogens is 1. The lowest BCUT2D eigenvalue weighted by atomic mass is 9.77. The van der Waals surface area contributed by atoms with Gasteiger partial charge in [0, 0.05) is 18.2 Å². The molecular formula is C14H23BN2O2. The van der Waals surface area contributed by atoms with Crippen molar-refractivity contribution in [2.75, 3.05) is 11.9 Å². The molecule has 1 saturated heterocycles. The first-order valence-corrected chi connectivity index (χ1v) is 6.83. The average molecular weight is 262 g/mol. The Morgan fingerprint density at radius 1 is 1.21 bits per heavy atom. The molecule has 104 valence electrons. The first-order valence-electron chi connectivity index (χ1n) is 6.83. The standard InChI is InChI=1S/C14H23BN2O2/c1-7-16-12-8-10(2)11(9-17-12)15-18-13(3,4)14(5,6)19-15/h8-9H,7H2,1-6H3,(H,16,17). The van der Waals surface area contributed by atoms with Gasteiger partial charge in [-0.2, -0.15) is 0 Å². The molecule has 1 aliphatic rings. The highest BCUT2D eigenvalue weighted by Crippen LogP contribution is 2.36. The second-order valence-corrected chi connectivity index (χ2v) is 6.04. The Morgan fingerprint density at radius 3 is 2.26 bits per heavy atom. The molecule has 0 bridgehead atoms. The Balaban J connectivity index is 2.25. The van der Waals surface area contributed by atoms with Crippen LogP contribution in [0.5, 0.6) is 0 Å². The number of anilines is 1. The highest BCUT2D eigenvalue weighted by atomic mass is 16.7. The molecular weight excluding hydrogens is 239 g/mol. The van der Waals surface area contributed by atoms with Crippen LogP contribution in [0, 0.1) is 6.92 Å². The van der Waals surface area contributed by atoms with Crippen LogP contribution in [0.3, 0.4) is 0 Å². The molecule has 0 aromatic carbocycles. The van der Waals surface area contributed by atoms with Gasteiger partial charge in [-0.05, 0) is 53.2 Å². The van der Waals surface area contributed by atoms with Crippen molar-refractivity contribution in [1.29, 1.82) is 0 Å². The predicted octanol–water partition coefficient (Wildman–Crippen LogP) is 2.12. The topological polar surface area (TPSA) is 43.4 Å². The Labute approximate surface area is 116 Å². The Bertz CT molecular complexity index is 459. The third-order valence-electron chi connectivity index (χ3n) is 4.02. The monoisotopic (exact) mass is 262 g/mol. The van der Waals surface area contributed by atoms with Gasteiger partial charge in [0.15, 0.2) is 0 Å². The summed E-state index contributed by atoms with van der Waals surface area (Å²) in [5.41, 5.74) is 1.50. The first-order chi connectivity index (χ1) is 8.77. The fraction of sp³-hybridized carbons (Fsp3) is 0.643. The third-order valence-corrected chi connectivity index (χ3v) is 4.02. The predicted molar refractivity (Wildman–Crippen MR) is 78.9 cm³/mol. The van der Waals surface area contributed by atoms with Gasteiger partial charge in [-0.15, -0.1) is 0 Å². The molecule has 0 radical (unpaired) electrons. The van der Waals surface area contributed by atoms with Crippen LogP contribution in [0.15, 0.2) is 12.3 Å². The maximum absolute atomic E-state index is 6.05. The minimum absolute atomic E-state index is 0.315. The van der Waals surface area contributed by atoms with E-state index in [1.54, 1.807) is 0 Å². The van der Waals surface area contributed by atoms with E-state index in [4.69, 9.17) is 9.31 Å². The van der Waals surface area contributed by atoms with Crippen molar-refractivity contribution >= 4 is 18.4 Å². The number of hydrogen-bond acceptors (Lipinski definition) is 4. The van der Waals surface area contributed by atoms with Crippen molar-refractivity contribution in [3.05, 3.63) is 17.8 Å². The second-order valence-electron chi connectivity index (χ2n) is 6.04. The zero-order chi connectivity index (χ0) is 14.3.